The van der Waals surface area contributed by atoms with E-state index >= 15 is 0 Å². The summed E-state index contributed by atoms with van der Waals surface area (Å²) in [5, 5.41) is 8.72. The van der Waals surface area contributed by atoms with Gasteiger partial charge >= 0.3 is 5.97 Å². The Balaban J connectivity index is 1.59. The zero-order valence-corrected chi connectivity index (χ0v) is 17.0. The van der Waals surface area contributed by atoms with Crippen molar-refractivity contribution < 1.29 is 14.7 Å². The molecule has 0 spiro atoms. The van der Waals surface area contributed by atoms with Gasteiger partial charge in [0.1, 0.15) is 6.29 Å². The Morgan fingerprint density at radius 1 is 1.00 bits per heavy atom. The zero-order valence-electron chi connectivity index (χ0n) is 17.0. The lowest BCUT2D eigenvalue weighted by Gasteiger charge is -2.44. The van der Waals surface area contributed by atoms with Crippen LogP contribution in [0.5, 0.6) is 0 Å². The lowest BCUT2D eigenvalue weighted by Crippen LogP contribution is -2.55. The summed E-state index contributed by atoms with van der Waals surface area (Å²) in [4.78, 5) is 26.6. The number of benzene rings is 2. The number of carbonyl (C=O) groups is 2. The van der Waals surface area contributed by atoms with Crippen LogP contribution in [0.15, 0.2) is 54.6 Å². The maximum absolute atomic E-state index is 11.0. The van der Waals surface area contributed by atoms with Crippen LogP contribution in [0.1, 0.15) is 40.9 Å². The highest BCUT2D eigenvalue weighted by Gasteiger charge is 2.29. The maximum Gasteiger partial charge on any atom is 0.328 e. The van der Waals surface area contributed by atoms with Gasteiger partial charge in [-0.05, 0) is 42.7 Å². The fraction of sp³-hybridized carbons (Fsp3) is 0.333. The molecule has 1 N–H and O–H groups in total. The monoisotopic (exact) mass is 392 g/mol. The number of rotatable bonds is 7. The zero-order chi connectivity index (χ0) is 20.8. The van der Waals surface area contributed by atoms with Crippen molar-refractivity contribution in [3.63, 3.8) is 0 Å². The average molecular weight is 392 g/mol. The molecule has 2 atom stereocenters. The molecule has 5 heteroatoms. The van der Waals surface area contributed by atoms with Gasteiger partial charge in [-0.1, -0.05) is 42.5 Å². The molecule has 0 radical (unpaired) electrons. The molecule has 0 saturated carbocycles. The molecule has 0 aliphatic carbocycles. The summed E-state index contributed by atoms with van der Waals surface area (Å²) in [6, 6.07) is 16.7. The highest BCUT2D eigenvalue weighted by atomic mass is 16.4. The van der Waals surface area contributed by atoms with Gasteiger partial charge in [-0.15, -0.1) is 0 Å². The van der Waals surface area contributed by atoms with Gasteiger partial charge in [0.05, 0.1) is 0 Å². The molecule has 1 aliphatic rings. The van der Waals surface area contributed by atoms with E-state index in [1.165, 1.54) is 11.1 Å². The van der Waals surface area contributed by atoms with E-state index in [0.717, 1.165) is 49.7 Å². The number of hydrogen-bond donors (Lipinski definition) is 1. The largest absolute Gasteiger partial charge is 0.478 e. The van der Waals surface area contributed by atoms with Crippen LogP contribution in [0.3, 0.4) is 0 Å². The van der Waals surface area contributed by atoms with Crippen LogP contribution in [-0.2, 0) is 17.9 Å². The van der Waals surface area contributed by atoms with Crippen molar-refractivity contribution in [3.05, 3.63) is 76.9 Å². The second-order valence-electron chi connectivity index (χ2n) is 7.84. The molecular weight excluding hydrogens is 364 g/mol. The first kappa shape index (κ1) is 21.0. The van der Waals surface area contributed by atoms with E-state index in [2.05, 4.69) is 41.8 Å². The molecule has 5 nitrogen and oxygen atoms in total. The van der Waals surface area contributed by atoms with E-state index in [-0.39, 0.29) is 0 Å². The summed E-state index contributed by atoms with van der Waals surface area (Å²) in [6.45, 7) is 8.21. The molecule has 3 rings (SSSR count). The molecule has 2 aromatic carbocycles. The maximum atomic E-state index is 11.0. The van der Waals surface area contributed by atoms with E-state index in [0.29, 0.717) is 12.1 Å². The van der Waals surface area contributed by atoms with Gasteiger partial charge in [-0.25, -0.2) is 4.79 Å². The van der Waals surface area contributed by atoms with Gasteiger partial charge in [0.25, 0.3) is 0 Å². The Hall–Kier alpha value is -2.76. The second kappa shape index (κ2) is 9.63. The summed E-state index contributed by atoms with van der Waals surface area (Å²) >= 11 is 0. The summed E-state index contributed by atoms with van der Waals surface area (Å²) < 4.78 is 0. The third-order valence-corrected chi connectivity index (χ3v) is 5.43. The van der Waals surface area contributed by atoms with E-state index in [9.17, 15) is 9.59 Å². The minimum absolute atomic E-state index is 0.413. The van der Waals surface area contributed by atoms with E-state index < -0.39 is 5.97 Å². The van der Waals surface area contributed by atoms with Crippen molar-refractivity contribution in [2.24, 2.45) is 0 Å². The van der Waals surface area contributed by atoms with E-state index in [1.54, 1.807) is 6.08 Å². The number of aldehydes is 1. The number of carboxylic acid groups (broad SMARTS) is 1. The third kappa shape index (κ3) is 5.86. The summed E-state index contributed by atoms with van der Waals surface area (Å²) in [5.74, 6) is -0.937. The second-order valence-corrected chi connectivity index (χ2v) is 7.84. The van der Waals surface area contributed by atoms with Gasteiger partial charge in [0.15, 0.2) is 0 Å². The molecule has 152 valence electrons. The molecule has 2 aromatic rings. The number of piperazine rings is 1. The SMILES string of the molecule is C[C@@H]1CN(Cc2ccc(/C=C/C(=O)O)cc2)C[C@H](C)N1Cc1cccc(C=O)c1. The minimum Gasteiger partial charge on any atom is -0.478 e. The molecule has 0 unspecified atom stereocenters. The van der Waals surface area contributed by atoms with Gasteiger partial charge in [0, 0.05) is 49.9 Å². The van der Waals surface area contributed by atoms with Crippen LogP contribution in [-0.4, -0.2) is 52.3 Å². The summed E-state index contributed by atoms with van der Waals surface area (Å²) in [6.07, 6.45) is 3.66. The van der Waals surface area contributed by atoms with Crippen molar-refractivity contribution >= 4 is 18.3 Å². The third-order valence-electron chi connectivity index (χ3n) is 5.43. The average Bonchev–Trinajstić information content (AvgIpc) is 2.70. The summed E-state index contributed by atoms with van der Waals surface area (Å²) in [5.41, 5.74) is 4.01. The predicted octanol–water partition coefficient (Wildman–Crippen LogP) is 3.69. The van der Waals surface area contributed by atoms with Crippen LogP contribution < -0.4 is 0 Å². The molecule has 1 heterocycles. The number of aliphatic carboxylic acids is 1. The lowest BCUT2D eigenvalue weighted by molar-refractivity contribution is -0.131. The van der Waals surface area contributed by atoms with Crippen molar-refractivity contribution in [2.75, 3.05) is 13.1 Å². The molecule has 29 heavy (non-hydrogen) atoms. The van der Waals surface area contributed by atoms with Gasteiger partial charge in [-0.3, -0.25) is 14.6 Å². The van der Waals surface area contributed by atoms with Gasteiger partial charge in [-0.2, -0.15) is 0 Å². The first-order valence-corrected chi connectivity index (χ1v) is 9.97. The van der Waals surface area contributed by atoms with Gasteiger partial charge in [0.2, 0.25) is 0 Å². The van der Waals surface area contributed by atoms with Crippen molar-refractivity contribution in [1.82, 2.24) is 9.80 Å². The van der Waals surface area contributed by atoms with Crippen LogP contribution in [0.4, 0.5) is 0 Å². The fourth-order valence-corrected chi connectivity index (χ4v) is 4.04. The molecule has 1 aliphatic heterocycles. The molecule has 1 fully saturated rings. The van der Waals surface area contributed by atoms with Crippen LogP contribution >= 0.6 is 0 Å². The van der Waals surface area contributed by atoms with Crippen molar-refractivity contribution in [1.29, 1.82) is 0 Å². The van der Waals surface area contributed by atoms with Gasteiger partial charge < -0.3 is 5.11 Å². The van der Waals surface area contributed by atoms with Crippen LogP contribution in [0.25, 0.3) is 6.08 Å². The van der Waals surface area contributed by atoms with Crippen molar-refractivity contribution in [3.8, 4) is 0 Å². The number of nitrogens with zero attached hydrogens (tertiary/aromatic N) is 2. The number of carbonyl (C=O) groups excluding carboxylic acids is 1. The Morgan fingerprint density at radius 2 is 1.69 bits per heavy atom. The molecule has 0 bridgehead atoms. The molecular formula is C24H28N2O3. The lowest BCUT2D eigenvalue weighted by atomic mass is 10.0. The fourth-order valence-electron chi connectivity index (χ4n) is 4.04. The summed E-state index contributed by atoms with van der Waals surface area (Å²) in [7, 11) is 0. The number of hydrogen-bond acceptors (Lipinski definition) is 4. The topological polar surface area (TPSA) is 60.9 Å². The highest BCUT2D eigenvalue weighted by molar-refractivity contribution is 5.85. The molecule has 0 aromatic heterocycles. The van der Waals surface area contributed by atoms with Crippen LogP contribution in [0, 0.1) is 0 Å². The highest BCUT2D eigenvalue weighted by Crippen LogP contribution is 2.21. The van der Waals surface area contributed by atoms with Crippen molar-refractivity contribution in [2.45, 2.75) is 39.0 Å². The molecule has 1 saturated heterocycles. The Labute approximate surface area is 172 Å². The van der Waals surface area contributed by atoms with E-state index in [1.807, 2.05) is 30.3 Å². The Morgan fingerprint density at radius 3 is 2.31 bits per heavy atom. The number of carboxylic acids is 1. The normalized spacial score (nSPS) is 20.8. The van der Waals surface area contributed by atoms with Crippen LogP contribution in [0.2, 0.25) is 0 Å². The van der Waals surface area contributed by atoms with E-state index in [4.69, 9.17) is 5.11 Å². The first-order chi connectivity index (χ1) is 13.9. The minimum atomic E-state index is -0.937. The predicted molar refractivity (Wildman–Crippen MR) is 115 cm³/mol. The Kier molecular flexibility index (Phi) is 6.96. The standard InChI is InChI=1S/C24H28N2O3/c1-18-13-25(15-21-8-6-20(7-9-21)10-11-24(28)29)14-19(2)26(18)16-22-4-3-5-23(12-22)17-27/h3-12,17-19H,13-16H2,1-2H3,(H,28,29)/b11-10+/t18-,19+. The first-order valence-electron chi connectivity index (χ1n) is 9.97. The molecule has 0 amide bonds. The Bertz CT molecular complexity index is 864. The smallest absolute Gasteiger partial charge is 0.328 e. The quantitative estimate of drug-likeness (QED) is 0.575.